The van der Waals surface area contributed by atoms with Crippen molar-refractivity contribution in [3.8, 4) is 0 Å². The van der Waals surface area contributed by atoms with E-state index in [0.29, 0.717) is 10.6 Å². The summed E-state index contributed by atoms with van der Waals surface area (Å²) < 4.78 is 60.3. The lowest BCUT2D eigenvalue weighted by molar-refractivity contribution is -0.903. The van der Waals surface area contributed by atoms with E-state index in [1.165, 1.54) is 37.4 Å². The Bertz CT molecular complexity index is 871. The lowest BCUT2D eigenvalue weighted by Gasteiger charge is -2.39. The van der Waals surface area contributed by atoms with Crippen molar-refractivity contribution in [1.82, 2.24) is 0 Å². The summed E-state index contributed by atoms with van der Waals surface area (Å²) in [4.78, 5) is 13.2. The van der Waals surface area contributed by atoms with Gasteiger partial charge in [-0.25, -0.2) is 13.7 Å². The number of rotatable bonds is 5. The molecule has 1 amide bonds. The Balaban J connectivity index is 2.19. The molecule has 2 aromatic carbocycles. The number of methoxy groups -OCH3 is 1. The minimum Gasteiger partial charge on any atom is -0.379 e. The van der Waals surface area contributed by atoms with Crippen LogP contribution in [0.1, 0.15) is 27.5 Å². The predicted molar refractivity (Wildman–Crippen MR) is 91.7 cm³/mol. The standard InChI is InChI=1S/C19H17ClF4NO2/c1-27-8-7-25(11-13-9-14(20)5-6-16(13)18(25)26)17(19(22,23)24)12-3-2-4-15(21)10-12/h2-6,9-10,17H,7-8,11H2,1H3/q+1. The summed E-state index contributed by atoms with van der Waals surface area (Å²) in [6, 6.07) is 6.48. The third kappa shape index (κ3) is 3.59. The zero-order valence-corrected chi connectivity index (χ0v) is 15.1. The van der Waals surface area contributed by atoms with E-state index in [-0.39, 0.29) is 30.8 Å². The number of carbonyl (C=O) groups excluding carboxylic acids is 1. The van der Waals surface area contributed by atoms with Crippen LogP contribution >= 0.6 is 11.6 Å². The molecule has 2 unspecified atom stereocenters. The van der Waals surface area contributed by atoms with E-state index in [9.17, 15) is 22.4 Å². The van der Waals surface area contributed by atoms with E-state index in [0.717, 1.165) is 12.1 Å². The molecule has 0 aromatic heterocycles. The van der Waals surface area contributed by atoms with Crippen molar-refractivity contribution < 1.29 is 31.6 Å². The summed E-state index contributed by atoms with van der Waals surface area (Å²) in [6.07, 6.45) is -4.77. The van der Waals surface area contributed by atoms with Crippen LogP contribution in [0.15, 0.2) is 42.5 Å². The number of quaternary nitrogens is 1. The van der Waals surface area contributed by atoms with Gasteiger partial charge in [0.15, 0.2) is 0 Å². The molecule has 0 N–H and O–H groups in total. The van der Waals surface area contributed by atoms with E-state index in [1.807, 2.05) is 0 Å². The molecule has 1 aliphatic heterocycles. The van der Waals surface area contributed by atoms with Crippen LogP contribution in [0.25, 0.3) is 0 Å². The number of carbonyl (C=O) groups is 1. The first-order valence-corrected chi connectivity index (χ1v) is 8.58. The number of fused-ring (bicyclic) bond motifs is 1. The molecule has 27 heavy (non-hydrogen) atoms. The Kier molecular flexibility index (Phi) is 5.29. The number of amides is 1. The monoisotopic (exact) mass is 402 g/mol. The first-order valence-electron chi connectivity index (χ1n) is 8.20. The minimum absolute atomic E-state index is 0.0602. The summed E-state index contributed by atoms with van der Waals surface area (Å²) in [5.41, 5.74) is 0.335. The highest BCUT2D eigenvalue weighted by atomic mass is 35.5. The fraction of sp³-hybridized carbons (Fsp3) is 0.316. The van der Waals surface area contributed by atoms with Crippen LogP contribution in [0, 0.1) is 5.82 Å². The lowest BCUT2D eigenvalue weighted by atomic mass is 10.0. The summed E-state index contributed by atoms with van der Waals surface area (Å²) >= 11 is 5.96. The van der Waals surface area contributed by atoms with Gasteiger partial charge in [0.1, 0.15) is 18.9 Å². The fourth-order valence-corrected chi connectivity index (χ4v) is 3.92. The van der Waals surface area contributed by atoms with E-state index in [4.69, 9.17) is 16.3 Å². The molecule has 1 heterocycles. The van der Waals surface area contributed by atoms with Gasteiger partial charge in [-0.3, -0.25) is 0 Å². The zero-order valence-electron chi connectivity index (χ0n) is 14.4. The maximum Gasteiger partial charge on any atom is 0.446 e. The Morgan fingerprint density at radius 2 is 1.96 bits per heavy atom. The van der Waals surface area contributed by atoms with Crippen molar-refractivity contribution in [2.45, 2.75) is 18.8 Å². The summed E-state index contributed by atoms with van der Waals surface area (Å²) in [5.74, 6) is -1.47. The molecule has 3 nitrogen and oxygen atoms in total. The second kappa shape index (κ2) is 7.22. The highest BCUT2D eigenvalue weighted by Crippen LogP contribution is 2.48. The largest absolute Gasteiger partial charge is 0.446 e. The molecule has 2 aromatic rings. The second-order valence-corrected chi connectivity index (χ2v) is 6.95. The van der Waals surface area contributed by atoms with Crippen LogP contribution in [0.2, 0.25) is 5.02 Å². The Morgan fingerprint density at radius 3 is 2.59 bits per heavy atom. The van der Waals surface area contributed by atoms with E-state index in [2.05, 4.69) is 0 Å². The van der Waals surface area contributed by atoms with Crippen LogP contribution in [0.3, 0.4) is 0 Å². The molecule has 2 atom stereocenters. The maximum atomic E-state index is 14.2. The van der Waals surface area contributed by atoms with Gasteiger partial charge in [0.25, 0.3) is 0 Å². The number of nitrogens with zero attached hydrogens (tertiary/aromatic N) is 1. The number of hydrogen-bond donors (Lipinski definition) is 0. The highest BCUT2D eigenvalue weighted by Gasteiger charge is 2.61. The average Bonchev–Trinajstić information content (AvgIpc) is 2.84. The van der Waals surface area contributed by atoms with Crippen molar-refractivity contribution in [1.29, 1.82) is 0 Å². The first-order chi connectivity index (χ1) is 12.7. The average molecular weight is 403 g/mol. The molecule has 0 saturated heterocycles. The molecule has 0 fully saturated rings. The Morgan fingerprint density at radius 1 is 1.22 bits per heavy atom. The van der Waals surface area contributed by atoms with Crippen LogP contribution in [0.4, 0.5) is 17.6 Å². The number of benzene rings is 2. The normalized spacial score (nSPS) is 20.6. The predicted octanol–water partition coefficient (Wildman–Crippen LogP) is 4.90. The number of halogens is 5. The summed E-state index contributed by atoms with van der Waals surface area (Å²) in [7, 11) is 1.35. The molecule has 1 aliphatic rings. The third-order valence-corrected chi connectivity index (χ3v) is 5.05. The topological polar surface area (TPSA) is 26.3 Å². The second-order valence-electron chi connectivity index (χ2n) is 6.51. The van der Waals surface area contributed by atoms with Crippen molar-refractivity contribution >= 4 is 17.5 Å². The van der Waals surface area contributed by atoms with Crippen molar-refractivity contribution in [3.05, 3.63) is 70.0 Å². The van der Waals surface area contributed by atoms with Gasteiger partial charge in [0.05, 0.1) is 12.2 Å². The molecule has 0 radical (unpaired) electrons. The van der Waals surface area contributed by atoms with Crippen LogP contribution < -0.4 is 0 Å². The van der Waals surface area contributed by atoms with Crippen molar-refractivity contribution in [3.63, 3.8) is 0 Å². The zero-order chi connectivity index (χ0) is 19.8. The third-order valence-electron chi connectivity index (χ3n) is 4.82. The smallest absolute Gasteiger partial charge is 0.379 e. The molecular weight excluding hydrogens is 386 g/mol. The van der Waals surface area contributed by atoms with Crippen LogP contribution in [-0.4, -0.2) is 36.8 Å². The SMILES string of the molecule is COCC[N+]1(C(c2cccc(F)c2)C(F)(F)F)Cc2cc(Cl)ccc2C1=O. The van der Waals surface area contributed by atoms with Gasteiger partial charge >= 0.3 is 12.1 Å². The Labute approximate surface area is 158 Å². The lowest BCUT2D eigenvalue weighted by Crippen LogP contribution is -2.57. The highest BCUT2D eigenvalue weighted by molar-refractivity contribution is 6.30. The van der Waals surface area contributed by atoms with E-state index < -0.39 is 28.4 Å². The van der Waals surface area contributed by atoms with Gasteiger partial charge in [0, 0.05) is 23.3 Å². The Hall–Kier alpha value is -1.96. The number of hydrogen-bond acceptors (Lipinski definition) is 2. The van der Waals surface area contributed by atoms with Crippen LogP contribution in [0.5, 0.6) is 0 Å². The van der Waals surface area contributed by atoms with Crippen molar-refractivity contribution in [2.24, 2.45) is 0 Å². The molecule has 0 spiro atoms. The molecule has 144 valence electrons. The molecule has 0 aliphatic carbocycles. The molecular formula is C19H17ClF4NO2+. The fourth-order valence-electron chi connectivity index (χ4n) is 3.72. The van der Waals surface area contributed by atoms with Gasteiger partial charge in [-0.15, -0.1) is 0 Å². The van der Waals surface area contributed by atoms with Gasteiger partial charge in [-0.2, -0.15) is 13.2 Å². The van der Waals surface area contributed by atoms with E-state index >= 15 is 0 Å². The molecule has 8 heteroatoms. The van der Waals surface area contributed by atoms with Crippen LogP contribution in [-0.2, 0) is 11.3 Å². The molecule has 0 saturated carbocycles. The van der Waals surface area contributed by atoms with Crippen molar-refractivity contribution in [2.75, 3.05) is 20.3 Å². The van der Waals surface area contributed by atoms with Gasteiger partial charge in [-0.05, 0) is 30.3 Å². The molecule has 0 bridgehead atoms. The van der Waals surface area contributed by atoms with Gasteiger partial charge in [-0.1, -0.05) is 23.7 Å². The summed E-state index contributed by atoms with van der Waals surface area (Å²) in [5, 5.41) is 0.336. The molecule has 3 rings (SSSR count). The van der Waals surface area contributed by atoms with Gasteiger partial charge < -0.3 is 4.74 Å². The first kappa shape index (κ1) is 19.8. The minimum atomic E-state index is -4.77. The maximum absolute atomic E-state index is 14.2. The van der Waals surface area contributed by atoms with Gasteiger partial charge in [0.2, 0.25) is 6.04 Å². The summed E-state index contributed by atoms with van der Waals surface area (Å²) in [6.45, 7) is -0.462. The number of alkyl halides is 3. The van der Waals surface area contributed by atoms with E-state index in [1.54, 1.807) is 0 Å². The quantitative estimate of drug-likeness (QED) is 0.525. The number of ether oxygens (including phenoxy) is 1.